The highest BCUT2D eigenvalue weighted by Crippen LogP contribution is 2.18. The SMILES string of the molecule is Cc1ccc(/C=C/C(=O)N2CCN(Cc3cccs3)CC2)cc1Cl. The molecule has 0 atom stereocenters. The van der Waals surface area contributed by atoms with Crippen LogP contribution in [0.1, 0.15) is 16.0 Å². The van der Waals surface area contributed by atoms with Crippen LogP contribution in [0.25, 0.3) is 6.08 Å². The second kappa shape index (κ2) is 7.97. The van der Waals surface area contributed by atoms with E-state index < -0.39 is 0 Å². The minimum Gasteiger partial charge on any atom is -0.337 e. The first-order valence-electron chi connectivity index (χ1n) is 8.10. The first kappa shape index (κ1) is 17.2. The fraction of sp³-hybridized carbons (Fsp3) is 0.316. The van der Waals surface area contributed by atoms with E-state index >= 15 is 0 Å². The number of piperazine rings is 1. The Morgan fingerprint density at radius 2 is 2.04 bits per heavy atom. The van der Waals surface area contributed by atoms with Crippen LogP contribution < -0.4 is 0 Å². The number of aryl methyl sites for hydroxylation is 1. The molecular weight excluding hydrogens is 340 g/mol. The van der Waals surface area contributed by atoms with Crippen molar-refractivity contribution >= 4 is 34.9 Å². The molecule has 5 heteroatoms. The number of thiophene rings is 1. The maximum atomic E-state index is 12.3. The van der Waals surface area contributed by atoms with Crippen LogP contribution in [0.2, 0.25) is 5.02 Å². The standard InChI is InChI=1S/C19H21ClN2OS/c1-15-4-5-16(13-18(15)20)6-7-19(23)22-10-8-21(9-11-22)14-17-3-2-12-24-17/h2-7,12-13H,8-11,14H2,1H3/b7-6+. The molecule has 1 aromatic heterocycles. The molecule has 0 aliphatic carbocycles. The van der Waals surface area contributed by atoms with E-state index in [1.54, 1.807) is 17.4 Å². The fourth-order valence-corrected chi connectivity index (χ4v) is 3.67. The number of hydrogen-bond donors (Lipinski definition) is 0. The van der Waals surface area contributed by atoms with Crippen molar-refractivity contribution in [2.24, 2.45) is 0 Å². The molecule has 1 saturated heterocycles. The van der Waals surface area contributed by atoms with E-state index in [-0.39, 0.29) is 5.91 Å². The topological polar surface area (TPSA) is 23.6 Å². The lowest BCUT2D eigenvalue weighted by Crippen LogP contribution is -2.47. The predicted molar refractivity (Wildman–Crippen MR) is 101 cm³/mol. The van der Waals surface area contributed by atoms with E-state index in [4.69, 9.17) is 11.6 Å². The van der Waals surface area contributed by atoms with Crippen LogP contribution in [0.4, 0.5) is 0 Å². The molecule has 126 valence electrons. The van der Waals surface area contributed by atoms with Crippen molar-refractivity contribution in [3.05, 3.63) is 62.8 Å². The van der Waals surface area contributed by atoms with Gasteiger partial charge in [0.1, 0.15) is 0 Å². The summed E-state index contributed by atoms with van der Waals surface area (Å²) in [5, 5.41) is 2.84. The highest BCUT2D eigenvalue weighted by molar-refractivity contribution is 7.09. The Balaban J connectivity index is 1.51. The molecule has 0 N–H and O–H groups in total. The van der Waals surface area contributed by atoms with Crippen molar-refractivity contribution in [1.82, 2.24) is 9.80 Å². The maximum absolute atomic E-state index is 12.3. The summed E-state index contributed by atoms with van der Waals surface area (Å²) in [6.45, 7) is 6.36. The molecule has 1 amide bonds. The Morgan fingerprint density at radius 3 is 2.71 bits per heavy atom. The van der Waals surface area contributed by atoms with Gasteiger partial charge in [-0.2, -0.15) is 0 Å². The van der Waals surface area contributed by atoms with Gasteiger partial charge in [0.2, 0.25) is 5.91 Å². The normalized spacial score (nSPS) is 16.0. The number of nitrogens with zero attached hydrogens (tertiary/aromatic N) is 2. The second-order valence-electron chi connectivity index (χ2n) is 6.02. The monoisotopic (exact) mass is 360 g/mol. The minimum absolute atomic E-state index is 0.0717. The van der Waals surface area contributed by atoms with Crippen molar-refractivity contribution in [1.29, 1.82) is 0 Å². The summed E-state index contributed by atoms with van der Waals surface area (Å²) < 4.78 is 0. The molecule has 0 radical (unpaired) electrons. The van der Waals surface area contributed by atoms with Gasteiger partial charge in [-0.3, -0.25) is 9.69 Å². The van der Waals surface area contributed by atoms with E-state index in [0.29, 0.717) is 0 Å². The summed E-state index contributed by atoms with van der Waals surface area (Å²) in [5.41, 5.74) is 2.00. The number of benzene rings is 1. The Bertz CT molecular complexity index is 719. The number of halogens is 1. The Hall–Kier alpha value is -1.62. The van der Waals surface area contributed by atoms with Crippen LogP contribution in [-0.4, -0.2) is 41.9 Å². The zero-order valence-corrected chi connectivity index (χ0v) is 15.3. The van der Waals surface area contributed by atoms with Gasteiger partial charge in [-0.05, 0) is 41.6 Å². The molecular formula is C19H21ClN2OS. The molecule has 2 aromatic rings. The summed E-state index contributed by atoms with van der Waals surface area (Å²) in [6, 6.07) is 10.1. The lowest BCUT2D eigenvalue weighted by molar-refractivity contribution is -0.127. The van der Waals surface area contributed by atoms with E-state index in [1.165, 1.54) is 4.88 Å². The van der Waals surface area contributed by atoms with E-state index in [9.17, 15) is 4.79 Å². The summed E-state index contributed by atoms with van der Waals surface area (Å²) in [4.78, 5) is 18.0. The Morgan fingerprint density at radius 1 is 1.25 bits per heavy atom. The van der Waals surface area contributed by atoms with Crippen molar-refractivity contribution in [3.63, 3.8) is 0 Å². The van der Waals surface area contributed by atoms with E-state index in [2.05, 4.69) is 22.4 Å². The summed E-state index contributed by atoms with van der Waals surface area (Å²) in [7, 11) is 0. The lowest BCUT2D eigenvalue weighted by atomic mass is 10.1. The molecule has 0 bridgehead atoms. The molecule has 3 nitrogen and oxygen atoms in total. The van der Waals surface area contributed by atoms with E-state index in [1.807, 2.05) is 36.1 Å². The third-order valence-corrected chi connectivity index (χ3v) is 5.53. The van der Waals surface area contributed by atoms with Crippen LogP contribution in [-0.2, 0) is 11.3 Å². The van der Waals surface area contributed by atoms with Crippen LogP contribution in [0, 0.1) is 6.92 Å². The lowest BCUT2D eigenvalue weighted by Gasteiger charge is -2.33. The first-order valence-corrected chi connectivity index (χ1v) is 9.35. The average Bonchev–Trinajstić information content (AvgIpc) is 3.09. The summed E-state index contributed by atoms with van der Waals surface area (Å²) >= 11 is 7.91. The smallest absolute Gasteiger partial charge is 0.246 e. The van der Waals surface area contributed by atoms with Crippen LogP contribution in [0.15, 0.2) is 41.8 Å². The molecule has 1 aromatic carbocycles. The predicted octanol–water partition coefficient (Wildman–Crippen LogP) is 4.07. The van der Waals surface area contributed by atoms with Gasteiger partial charge in [-0.1, -0.05) is 29.8 Å². The van der Waals surface area contributed by atoms with Crippen LogP contribution in [0.5, 0.6) is 0 Å². The van der Waals surface area contributed by atoms with Gasteiger partial charge in [0.15, 0.2) is 0 Å². The van der Waals surface area contributed by atoms with Gasteiger partial charge in [-0.25, -0.2) is 0 Å². The van der Waals surface area contributed by atoms with Gasteiger partial charge < -0.3 is 4.90 Å². The van der Waals surface area contributed by atoms with Gasteiger partial charge >= 0.3 is 0 Å². The first-order chi connectivity index (χ1) is 11.6. The molecule has 3 rings (SSSR count). The van der Waals surface area contributed by atoms with Crippen LogP contribution in [0.3, 0.4) is 0 Å². The maximum Gasteiger partial charge on any atom is 0.246 e. The fourth-order valence-electron chi connectivity index (χ4n) is 2.74. The third kappa shape index (κ3) is 4.47. The molecule has 0 saturated carbocycles. The molecule has 1 aliphatic heterocycles. The highest BCUT2D eigenvalue weighted by atomic mass is 35.5. The van der Waals surface area contributed by atoms with E-state index in [0.717, 1.165) is 48.9 Å². The van der Waals surface area contributed by atoms with Crippen molar-refractivity contribution in [2.75, 3.05) is 26.2 Å². The molecule has 2 heterocycles. The molecule has 0 spiro atoms. The molecule has 1 fully saturated rings. The quantitative estimate of drug-likeness (QED) is 0.767. The van der Waals surface area contributed by atoms with Gasteiger partial charge in [-0.15, -0.1) is 11.3 Å². The number of carbonyl (C=O) groups excluding carboxylic acids is 1. The molecule has 0 unspecified atom stereocenters. The molecule has 24 heavy (non-hydrogen) atoms. The number of rotatable bonds is 4. The van der Waals surface area contributed by atoms with Crippen LogP contribution >= 0.6 is 22.9 Å². The largest absolute Gasteiger partial charge is 0.337 e. The van der Waals surface area contributed by atoms with Crippen molar-refractivity contribution in [3.8, 4) is 0 Å². The third-order valence-electron chi connectivity index (χ3n) is 4.26. The number of carbonyl (C=O) groups is 1. The second-order valence-corrected chi connectivity index (χ2v) is 7.46. The average molecular weight is 361 g/mol. The summed E-state index contributed by atoms with van der Waals surface area (Å²) in [6.07, 6.45) is 3.49. The van der Waals surface area contributed by atoms with Gasteiger partial charge in [0, 0.05) is 48.7 Å². The Labute approximate surface area is 152 Å². The van der Waals surface area contributed by atoms with Gasteiger partial charge in [0.05, 0.1) is 0 Å². The van der Waals surface area contributed by atoms with Gasteiger partial charge in [0.25, 0.3) is 0 Å². The summed E-state index contributed by atoms with van der Waals surface area (Å²) in [5.74, 6) is 0.0717. The van der Waals surface area contributed by atoms with Crippen molar-refractivity contribution < 1.29 is 4.79 Å². The number of amides is 1. The van der Waals surface area contributed by atoms with Crippen molar-refractivity contribution in [2.45, 2.75) is 13.5 Å². The number of hydrogen-bond acceptors (Lipinski definition) is 3. The zero-order valence-electron chi connectivity index (χ0n) is 13.7. The highest BCUT2D eigenvalue weighted by Gasteiger charge is 2.19. The zero-order chi connectivity index (χ0) is 16.9. The minimum atomic E-state index is 0.0717. The molecule has 1 aliphatic rings. The Kier molecular flexibility index (Phi) is 5.72.